The molecule has 11 heteroatoms. The Bertz CT molecular complexity index is 477. The van der Waals surface area contributed by atoms with E-state index >= 15 is 0 Å². The van der Waals surface area contributed by atoms with Crippen LogP contribution in [0, 0.1) is 5.92 Å². The lowest BCUT2D eigenvalue weighted by molar-refractivity contribution is -0.137. The normalized spacial score (nSPS) is 14.2. The van der Waals surface area contributed by atoms with E-state index in [0.717, 1.165) is 0 Å². The van der Waals surface area contributed by atoms with Gasteiger partial charge in [-0.25, -0.2) is 0 Å². The minimum absolute atomic E-state index is 0.0637. The van der Waals surface area contributed by atoms with Crippen LogP contribution in [-0.4, -0.2) is 57.5 Å². The lowest BCUT2D eigenvalue weighted by atomic mass is 10.0. The van der Waals surface area contributed by atoms with Crippen molar-refractivity contribution in [2.75, 3.05) is 12.7 Å². The third-order valence-electron chi connectivity index (χ3n) is 2.96. The molecule has 0 radical (unpaired) electrons. The first-order chi connectivity index (χ1) is 10.4. The average molecular weight is 353 g/mol. The van der Waals surface area contributed by atoms with Gasteiger partial charge in [-0.15, -0.1) is 0 Å². The van der Waals surface area contributed by atoms with Crippen LogP contribution in [0.1, 0.15) is 26.7 Å². The van der Waals surface area contributed by atoms with E-state index in [1.807, 2.05) is 0 Å². The number of rotatable bonds is 10. The molecule has 0 aromatic carbocycles. The summed E-state index contributed by atoms with van der Waals surface area (Å²) in [5, 5.41) is 13.3. The summed E-state index contributed by atoms with van der Waals surface area (Å²) < 4.78 is 10.7. The predicted octanol–water partition coefficient (Wildman–Crippen LogP) is -1.39. The molecule has 0 heterocycles. The SMILES string of the molecule is CC(C)[C@H](NC(=O)[C@@H](N)CCC(=O)O)C(=O)NCCP(=O)(O)O. The van der Waals surface area contributed by atoms with Crippen molar-refractivity contribution in [2.24, 2.45) is 11.7 Å². The van der Waals surface area contributed by atoms with Gasteiger partial charge in [-0.3, -0.25) is 18.9 Å². The number of nitrogens with two attached hydrogens (primary N) is 1. The van der Waals surface area contributed by atoms with Crippen molar-refractivity contribution in [1.29, 1.82) is 0 Å². The molecule has 0 saturated carbocycles. The number of carbonyl (C=O) groups is 3. The number of aliphatic carboxylic acids is 1. The van der Waals surface area contributed by atoms with Crippen LogP contribution in [0.25, 0.3) is 0 Å². The Balaban J connectivity index is 4.55. The van der Waals surface area contributed by atoms with Gasteiger partial charge in [0.25, 0.3) is 0 Å². The molecule has 0 aliphatic heterocycles. The molecule has 2 amide bonds. The molecule has 23 heavy (non-hydrogen) atoms. The summed E-state index contributed by atoms with van der Waals surface area (Å²) in [6, 6.07) is -1.99. The molecular weight excluding hydrogens is 329 g/mol. The van der Waals surface area contributed by atoms with Crippen LogP contribution in [0.15, 0.2) is 0 Å². The van der Waals surface area contributed by atoms with Gasteiger partial charge < -0.3 is 31.3 Å². The van der Waals surface area contributed by atoms with Gasteiger partial charge in [0.2, 0.25) is 11.8 Å². The highest BCUT2D eigenvalue weighted by molar-refractivity contribution is 7.51. The monoisotopic (exact) mass is 353 g/mol. The second-order valence-corrected chi connectivity index (χ2v) is 7.23. The van der Waals surface area contributed by atoms with Crippen molar-refractivity contribution in [2.45, 2.75) is 38.8 Å². The molecule has 0 unspecified atom stereocenters. The van der Waals surface area contributed by atoms with Gasteiger partial charge in [0.15, 0.2) is 0 Å². The lowest BCUT2D eigenvalue weighted by Crippen LogP contribution is -2.54. The number of hydrogen-bond donors (Lipinski definition) is 6. The Morgan fingerprint density at radius 1 is 1.17 bits per heavy atom. The number of carboxylic acid groups (broad SMARTS) is 1. The molecule has 7 N–H and O–H groups in total. The van der Waals surface area contributed by atoms with Crippen LogP contribution in [0.3, 0.4) is 0 Å². The first kappa shape index (κ1) is 21.5. The van der Waals surface area contributed by atoms with Gasteiger partial charge >= 0.3 is 13.6 Å². The maximum atomic E-state index is 12.0. The van der Waals surface area contributed by atoms with E-state index in [9.17, 15) is 18.9 Å². The van der Waals surface area contributed by atoms with Crippen LogP contribution < -0.4 is 16.4 Å². The van der Waals surface area contributed by atoms with Crippen molar-refractivity contribution in [3.8, 4) is 0 Å². The maximum absolute atomic E-state index is 12.0. The fourth-order valence-corrected chi connectivity index (χ4v) is 2.04. The lowest BCUT2D eigenvalue weighted by Gasteiger charge is -2.23. The smallest absolute Gasteiger partial charge is 0.327 e. The Hall–Kier alpha value is -1.48. The number of amides is 2. The Labute approximate surface area is 134 Å². The minimum atomic E-state index is -4.22. The molecule has 0 aromatic heterocycles. The third kappa shape index (κ3) is 10.0. The largest absolute Gasteiger partial charge is 0.481 e. The van der Waals surface area contributed by atoms with Crippen LogP contribution >= 0.6 is 7.60 Å². The molecule has 0 saturated heterocycles. The maximum Gasteiger partial charge on any atom is 0.327 e. The summed E-state index contributed by atoms with van der Waals surface area (Å²) in [6.07, 6.45) is -0.836. The topological polar surface area (TPSA) is 179 Å². The van der Waals surface area contributed by atoms with Crippen LogP contribution in [0.2, 0.25) is 0 Å². The zero-order valence-corrected chi connectivity index (χ0v) is 14.0. The van der Waals surface area contributed by atoms with Crippen molar-refractivity contribution in [3.63, 3.8) is 0 Å². The molecule has 134 valence electrons. The molecule has 0 bridgehead atoms. The fourth-order valence-electron chi connectivity index (χ4n) is 1.64. The number of hydrogen-bond acceptors (Lipinski definition) is 5. The first-order valence-electron chi connectivity index (χ1n) is 7.04. The second kappa shape index (κ2) is 9.61. The minimum Gasteiger partial charge on any atom is -0.481 e. The fraction of sp³-hybridized carbons (Fsp3) is 0.750. The van der Waals surface area contributed by atoms with Crippen molar-refractivity contribution < 1.29 is 33.8 Å². The van der Waals surface area contributed by atoms with E-state index in [-0.39, 0.29) is 25.3 Å². The van der Waals surface area contributed by atoms with Crippen LogP contribution in [0.5, 0.6) is 0 Å². The number of carbonyl (C=O) groups excluding carboxylic acids is 2. The van der Waals surface area contributed by atoms with E-state index in [2.05, 4.69) is 10.6 Å². The molecule has 10 nitrogen and oxygen atoms in total. The van der Waals surface area contributed by atoms with Crippen molar-refractivity contribution in [1.82, 2.24) is 10.6 Å². The molecule has 0 aromatic rings. The van der Waals surface area contributed by atoms with Gasteiger partial charge in [-0.05, 0) is 12.3 Å². The van der Waals surface area contributed by atoms with Crippen molar-refractivity contribution in [3.05, 3.63) is 0 Å². The summed E-state index contributed by atoms with van der Waals surface area (Å²) in [7, 11) is -4.22. The van der Waals surface area contributed by atoms with Crippen molar-refractivity contribution >= 4 is 25.4 Å². The van der Waals surface area contributed by atoms with E-state index in [1.54, 1.807) is 13.8 Å². The van der Waals surface area contributed by atoms with Gasteiger partial charge in [0.1, 0.15) is 6.04 Å². The number of nitrogens with one attached hydrogen (secondary N) is 2. The Morgan fingerprint density at radius 3 is 2.17 bits per heavy atom. The van der Waals surface area contributed by atoms with E-state index < -0.39 is 43.6 Å². The quantitative estimate of drug-likeness (QED) is 0.260. The summed E-state index contributed by atoms with van der Waals surface area (Å²) in [5.41, 5.74) is 5.56. The summed E-state index contributed by atoms with van der Waals surface area (Å²) in [4.78, 5) is 51.8. The molecule has 0 aliphatic rings. The van der Waals surface area contributed by atoms with Crippen LogP contribution in [0.4, 0.5) is 0 Å². The average Bonchev–Trinajstić information content (AvgIpc) is 2.39. The van der Waals surface area contributed by atoms with E-state index in [1.165, 1.54) is 0 Å². The summed E-state index contributed by atoms with van der Waals surface area (Å²) in [6.45, 7) is 3.12. The Kier molecular flexibility index (Phi) is 8.99. The summed E-state index contributed by atoms with van der Waals surface area (Å²) in [5.74, 6) is -2.62. The second-order valence-electron chi connectivity index (χ2n) is 5.45. The molecule has 0 aliphatic carbocycles. The zero-order valence-electron chi connectivity index (χ0n) is 13.1. The molecule has 0 fully saturated rings. The highest BCUT2D eigenvalue weighted by Gasteiger charge is 2.27. The number of carboxylic acids is 1. The van der Waals surface area contributed by atoms with Gasteiger partial charge in [-0.2, -0.15) is 0 Å². The van der Waals surface area contributed by atoms with E-state index in [0.29, 0.717) is 0 Å². The molecule has 2 atom stereocenters. The standard InChI is InChI=1S/C12H24N3O7P/c1-7(2)10(12(19)14-5-6-23(20,21)22)15-11(18)8(13)3-4-9(16)17/h7-8,10H,3-6,13H2,1-2H3,(H,14,19)(H,15,18)(H,16,17)(H2,20,21,22)/t8-,10-/m0/s1. The molecular formula is C12H24N3O7P. The summed E-state index contributed by atoms with van der Waals surface area (Å²) >= 11 is 0. The van der Waals surface area contributed by atoms with Gasteiger partial charge in [0.05, 0.1) is 12.2 Å². The predicted molar refractivity (Wildman–Crippen MR) is 81.5 cm³/mol. The molecule has 0 spiro atoms. The van der Waals surface area contributed by atoms with Gasteiger partial charge in [-0.1, -0.05) is 13.8 Å². The van der Waals surface area contributed by atoms with E-state index in [4.69, 9.17) is 20.6 Å². The highest BCUT2D eigenvalue weighted by Crippen LogP contribution is 2.32. The third-order valence-corrected chi connectivity index (χ3v) is 3.76. The Morgan fingerprint density at radius 2 is 1.74 bits per heavy atom. The van der Waals surface area contributed by atoms with Crippen LogP contribution in [-0.2, 0) is 18.9 Å². The zero-order chi connectivity index (χ0) is 18.2. The molecule has 0 rings (SSSR count). The highest BCUT2D eigenvalue weighted by atomic mass is 31.2. The van der Waals surface area contributed by atoms with Gasteiger partial charge in [0, 0.05) is 13.0 Å². The first-order valence-corrected chi connectivity index (χ1v) is 8.84.